The predicted molar refractivity (Wildman–Crippen MR) is 83.3 cm³/mol. The first kappa shape index (κ1) is 13.5. The van der Waals surface area contributed by atoms with Crippen molar-refractivity contribution in [3.8, 4) is 17.2 Å². The maximum Gasteiger partial charge on any atom is 0.169 e. The molecule has 4 heteroatoms. The lowest BCUT2D eigenvalue weighted by Crippen LogP contribution is -2.19. The lowest BCUT2D eigenvalue weighted by molar-refractivity contribution is 0.374. The molecule has 1 aliphatic rings. The zero-order valence-electron chi connectivity index (χ0n) is 12.0. The molecule has 21 heavy (non-hydrogen) atoms. The molecule has 0 atom stereocenters. The van der Waals surface area contributed by atoms with Crippen molar-refractivity contribution < 1.29 is 9.47 Å². The van der Waals surface area contributed by atoms with Gasteiger partial charge in [-0.1, -0.05) is 30.3 Å². The first-order valence-corrected chi connectivity index (χ1v) is 6.99. The molecule has 0 saturated carbocycles. The Morgan fingerprint density at radius 1 is 1.00 bits per heavy atom. The normalized spacial score (nSPS) is 13.5. The molecule has 0 saturated heterocycles. The molecule has 0 unspecified atom stereocenters. The van der Waals surface area contributed by atoms with Gasteiger partial charge in [-0.15, -0.1) is 0 Å². The summed E-state index contributed by atoms with van der Waals surface area (Å²) in [5.74, 6) is 2.31. The standard InChI is InChI=1S/C17H18N2O2/c1-20-16-8-4-5-9-17(16)21-15-7-3-2-6-14(15)12-19-11-10-18-13-19/h2-9,13H,10-12H2,1H3. The summed E-state index contributed by atoms with van der Waals surface area (Å²) >= 11 is 0. The van der Waals surface area contributed by atoms with Crippen LogP contribution >= 0.6 is 0 Å². The van der Waals surface area contributed by atoms with Crippen LogP contribution < -0.4 is 9.47 Å². The van der Waals surface area contributed by atoms with E-state index in [1.165, 1.54) is 0 Å². The average Bonchev–Trinajstić information content (AvgIpc) is 3.03. The zero-order chi connectivity index (χ0) is 14.5. The van der Waals surface area contributed by atoms with E-state index < -0.39 is 0 Å². The third-order valence-electron chi connectivity index (χ3n) is 3.40. The van der Waals surface area contributed by atoms with Crippen LogP contribution in [0, 0.1) is 0 Å². The van der Waals surface area contributed by atoms with Gasteiger partial charge < -0.3 is 14.4 Å². The second kappa shape index (κ2) is 6.31. The number of rotatable bonds is 5. The number of nitrogens with zero attached hydrogens (tertiary/aromatic N) is 2. The van der Waals surface area contributed by atoms with Gasteiger partial charge >= 0.3 is 0 Å². The smallest absolute Gasteiger partial charge is 0.169 e. The van der Waals surface area contributed by atoms with Crippen LogP contribution in [0.1, 0.15) is 5.56 Å². The summed E-state index contributed by atoms with van der Waals surface area (Å²) in [4.78, 5) is 6.43. The van der Waals surface area contributed by atoms with E-state index >= 15 is 0 Å². The van der Waals surface area contributed by atoms with Crippen LogP contribution in [0.5, 0.6) is 17.2 Å². The van der Waals surface area contributed by atoms with Gasteiger partial charge in [0, 0.05) is 18.7 Å². The number of aliphatic imine (C=N–C) groups is 1. The minimum Gasteiger partial charge on any atom is -0.493 e. The summed E-state index contributed by atoms with van der Waals surface area (Å²) in [6.07, 6.45) is 1.90. The van der Waals surface area contributed by atoms with Crippen LogP contribution in [0.2, 0.25) is 0 Å². The van der Waals surface area contributed by atoms with Crippen LogP contribution in [0.3, 0.4) is 0 Å². The summed E-state index contributed by atoms with van der Waals surface area (Å²) < 4.78 is 11.4. The van der Waals surface area contributed by atoms with Crippen LogP contribution in [0.25, 0.3) is 0 Å². The van der Waals surface area contributed by atoms with Gasteiger partial charge in [-0.3, -0.25) is 4.99 Å². The summed E-state index contributed by atoms with van der Waals surface area (Å²) in [5.41, 5.74) is 1.14. The molecule has 2 aromatic rings. The van der Waals surface area contributed by atoms with Crippen molar-refractivity contribution in [1.82, 2.24) is 4.90 Å². The number of benzene rings is 2. The second-order valence-corrected chi connectivity index (χ2v) is 4.85. The zero-order valence-corrected chi connectivity index (χ0v) is 12.0. The van der Waals surface area contributed by atoms with Crippen molar-refractivity contribution in [3.05, 3.63) is 54.1 Å². The van der Waals surface area contributed by atoms with Crippen LogP contribution in [0.15, 0.2) is 53.5 Å². The molecule has 0 fully saturated rings. The number of hydrogen-bond donors (Lipinski definition) is 0. The van der Waals surface area contributed by atoms with E-state index in [9.17, 15) is 0 Å². The molecule has 0 aromatic heterocycles. The summed E-state index contributed by atoms with van der Waals surface area (Å²) in [6.45, 7) is 2.63. The van der Waals surface area contributed by atoms with Crippen molar-refractivity contribution in [2.75, 3.05) is 20.2 Å². The number of ether oxygens (including phenoxy) is 2. The average molecular weight is 282 g/mol. The van der Waals surface area contributed by atoms with E-state index in [0.29, 0.717) is 0 Å². The molecule has 1 aliphatic heterocycles. The fourth-order valence-corrected chi connectivity index (χ4v) is 2.31. The van der Waals surface area contributed by atoms with Crippen LogP contribution in [-0.4, -0.2) is 31.4 Å². The third kappa shape index (κ3) is 3.16. The van der Waals surface area contributed by atoms with E-state index in [2.05, 4.69) is 16.0 Å². The minimum atomic E-state index is 0.725. The first-order chi connectivity index (χ1) is 10.4. The lowest BCUT2D eigenvalue weighted by atomic mass is 10.2. The van der Waals surface area contributed by atoms with Crippen molar-refractivity contribution in [1.29, 1.82) is 0 Å². The Morgan fingerprint density at radius 3 is 2.43 bits per heavy atom. The largest absolute Gasteiger partial charge is 0.493 e. The molecule has 0 amide bonds. The molecule has 3 rings (SSSR count). The molecule has 2 aromatic carbocycles. The first-order valence-electron chi connectivity index (χ1n) is 6.99. The van der Waals surface area contributed by atoms with Gasteiger partial charge in [0.2, 0.25) is 0 Å². The Labute approximate surface area is 124 Å². The van der Waals surface area contributed by atoms with Crippen molar-refractivity contribution in [2.45, 2.75) is 6.54 Å². The highest BCUT2D eigenvalue weighted by Crippen LogP contribution is 2.33. The van der Waals surface area contributed by atoms with Gasteiger partial charge in [-0.05, 0) is 18.2 Å². The molecule has 108 valence electrons. The summed E-state index contributed by atoms with van der Waals surface area (Å²) in [5, 5.41) is 0. The fourth-order valence-electron chi connectivity index (χ4n) is 2.31. The molecule has 0 N–H and O–H groups in total. The van der Waals surface area contributed by atoms with E-state index in [1.807, 2.05) is 48.8 Å². The molecule has 1 heterocycles. The highest BCUT2D eigenvalue weighted by atomic mass is 16.5. The lowest BCUT2D eigenvalue weighted by Gasteiger charge is -2.17. The predicted octanol–water partition coefficient (Wildman–Crippen LogP) is 3.33. The molecular formula is C17H18N2O2. The second-order valence-electron chi connectivity index (χ2n) is 4.85. The number of methoxy groups -OCH3 is 1. The van der Waals surface area contributed by atoms with Gasteiger partial charge in [0.15, 0.2) is 11.5 Å². The van der Waals surface area contributed by atoms with E-state index in [4.69, 9.17) is 9.47 Å². The van der Waals surface area contributed by atoms with Gasteiger partial charge in [-0.25, -0.2) is 0 Å². The Hall–Kier alpha value is -2.49. The van der Waals surface area contributed by atoms with Gasteiger partial charge in [-0.2, -0.15) is 0 Å². The van der Waals surface area contributed by atoms with Crippen molar-refractivity contribution in [3.63, 3.8) is 0 Å². The Bertz CT molecular complexity index is 640. The van der Waals surface area contributed by atoms with Crippen molar-refractivity contribution in [2.24, 2.45) is 4.99 Å². The van der Waals surface area contributed by atoms with Gasteiger partial charge in [0.25, 0.3) is 0 Å². The summed E-state index contributed by atoms with van der Waals surface area (Å²) in [6, 6.07) is 15.7. The fraction of sp³-hybridized carbons (Fsp3) is 0.235. The SMILES string of the molecule is COc1ccccc1Oc1ccccc1CN1C=NCC1. The molecule has 0 radical (unpaired) electrons. The maximum atomic E-state index is 6.05. The third-order valence-corrected chi connectivity index (χ3v) is 3.40. The molecule has 4 nitrogen and oxygen atoms in total. The quantitative estimate of drug-likeness (QED) is 0.843. The van der Waals surface area contributed by atoms with Gasteiger partial charge in [0.05, 0.1) is 20.0 Å². The Kier molecular flexibility index (Phi) is 4.05. The van der Waals surface area contributed by atoms with Crippen LogP contribution in [-0.2, 0) is 6.54 Å². The number of para-hydroxylation sites is 3. The molecule has 0 bridgehead atoms. The van der Waals surface area contributed by atoms with E-state index in [0.717, 1.165) is 42.4 Å². The molecular weight excluding hydrogens is 264 g/mol. The molecule has 0 spiro atoms. The topological polar surface area (TPSA) is 34.1 Å². The number of hydrogen-bond acceptors (Lipinski definition) is 4. The Morgan fingerprint density at radius 2 is 1.71 bits per heavy atom. The van der Waals surface area contributed by atoms with Crippen LogP contribution in [0.4, 0.5) is 0 Å². The monoisotopic (exact) mass is 282 g/mol. The Balaban J connectivity index is 1.83. The van der Waals surface area contributed by atoms with Crippen molar-refractivity contribution >= 4 is 6.34 Å². The highest BCUT2D eigenvalue weighted by Gasteiger charge is 2.12. The molecule has 0 aliphatic carbocycles. The minimum absolute atomic E-state index is 0.725. The van der Waals surface area contributed by atoms with Gasteiger partial charge in [0.1, 0.15) is 5.75 Å². The van der Waals surface area contributed by atoms with E-state index in [1.54, 1.807) is 7.11 Å². The summed E-state index contributed by atoms with van der Waals surface area (Å²) in [7, 11) is 1.65. The highest BCUT2D eigenvalue weighted by molar-refractivity contribution is 5.57. The maximum absolute atomic E-state index is 6.05. The van der Waals surface area contributed by atoms with E-state index in [-0.39, 0.29) is 0 Å².